The second kappa shape index (κ2) is 7.11. The predicted molar refractivity (Wildman–Crippen MR) is 102 cm³/mol. The largest absolute Gasteiger partial charge is 0.356 e. The Labute approximate surface area is 160 Å². The van der Waals surface area contributed by atoms with Crippen LogP contribution >= 0.6 is 11.3 Å². The summed E-state index contributed by atoms with van der Waals surface area (Å²) < 4.78 is 5.35. The molecule has 8 heteroatoms. The number of aromatic amines is 1. The van der Waals surface area contributed by atoms with Crippen LogP contribution in [-0.4, -0.2) is 39.3 Å². The van der Waals surface area contributed by atoms with E-state index in [4.69, 9.17) is 4.52 Å². The van der Waals surface area contributed by atoms with E-state index in [2.05, 4.69) is 15.4 Å². The number of aryl methyl sites for hydroxylation is 2. The van der Waals surface area contributed by atoms with Gasteiger partial charge in [-0.3, -0.25) is 9.59 Å². The van der Waals surface area contributed by atoms with Gasteiger partial charge in [0.1, 0.15) is 0 Å². The molecular formula is C19H20N4O3S. The maximum Gasteiger partial charge on any atom is 0.264 e. The lowest BCUT2D eigenvalue weighted by Crippen LogP contribution is -2.38. The van der Waals surface area contributed by atoms with Gasteiger partial charge in [0.15, 0.2) is 5.76 Å². The van der Waals surface area contributed by atoms with Crippen LogP contribution in [0.1, 0.15) is 44.7 Å². The van der Waals surface area contributed by atoms with Gasteiger partial charge in [0, 0.05) is 41.6 Å². The summed E-state index contributed by atoms with van der Waals surface area (Å²) in [6.07, 6.45) is 1.57. The summed E-state index contributed by atoms with van der Waals surface area (Å²) in [5.41, 5.74) is 1.95. The van der Waals surface area contributed by atoms with Crippen molar-refractivity contribution < 1.29 is 9.32 Å². The molecule has 0 spiro atoms. The zero-order valence-corrected chi connectivity index (χ0v) is 16.0. The van der Waals surface area contributed by atoms with Crippen LogP contribution in [0.25, 0.3) is 11.3 Å². The number of aromatic nitrogens is 3. The predicted octanol–water partition coefficient (Wildman–Crippen LogP) is 3.12. The molecule has 1 fully saturated rings. The third-order valence-corrected chi connectivity index (χ3v) is 5.84. The minimum atomic E-state index is -0.275. The number of nitrogens with one attached hydrogen (secondary N) is 1. The van der Waals surface area contributed by atoms with Crippen molar-refractivity contribution in [2.24, 2.45) is 0 Å². The summed E-state index contributed by atoms with van der Waals surface area (Å²) in [6.45, 7) is 5.16. The molecule has 1 aliphatic heterocycles. The number of hydrogen-bond donors (Lipinski definition) is 1. The molecule has 4 rings (SSSR count). The Bertz CT molecular complexity index is 1030. The van der Waals surface area contributed by atoms with E-state index < -0.39 is 0 Å². The normalized spacial score (nSPS) is 15.3. The average Bonchev–Trinajstić information content (AvgIpc) is 3.30. The summed E-state index contributed by atoms with van der Waals surface area (Å²) in [5.74, 6) is 0.789. The number of likely N-dealkylation sites (tertiary alicyclic amines) is 1. The molecule has 0 bridgehead atoms. The number of rotatable bonds is 3. The van der Waals surface area contributed by atoms with Crippen LogP contribution in [0.3, 0.4) is 0 Å². The standard InChI is InChI=1S/C19H20N4O3S/c1-11-9-15(26-22-11)14-10-17(24)20-21-18(14)13-5-7-23(8-6-13)19(25)16-4-3-12(2)27-16/h3-4,9-10,13H,5-8H2,1-2H3,(H,20,24). The van der Waals surface area contributed by atoms with Crippen LogP contribution in [0.4, 0.5) is 0 Å². The van der Waals surface area contributed by atoms with Crippen LogP contribution in [0.5, 0.6) is 0 Å². The fourth-order valence-corrected chi connectivity index (χ4v) is 4.31. The maximum absolute atomic E-state index is 12.6. The van der Waals surface area contributed by atoms with Crippen molar-refractivity contribution in [1.82, 2.24) is 20.3 Å². The third kappa shape index (κ3) is 3.57. The van der Waals surface area contributed by atoms with Gasteiger partial charge in [0.05, 0.1) is 16.3 Å². The first kappa shape index (κ1) is 17.7. The molecule has 0 aliphatic carbocycles. The Morgan fingerprint density at radius 1 is 1.26 bits per heavy atom. The second-order valence-corrected chi connectivity index (χ2v) is 8.13. The molecule has 7 nitrogen and oxygen atoms in total. The second-order valence-electron chi connectivity index (χ2n) is 6.84. The molecule has 0 radical (unpaired) electrons. The highest BCUT2D eigenvalue weighted by atomic mass is 32.1. The molecular weight excluding hydrogens is 364 g/mol. The molecule has 0 saturated carbocycles. The van der Waals surface area contributed by atoms with Crippen LogP contribution in [-0.2, 0) is 0 Å². The fourth-order valence-electron chi connectivity index (χ4n) is 3.47. The van der Waals surface area contributed by atoms with Crippen molar-refractivity contribution in [3.8, 4) is 11.3 Å². The highest BCUT2D eigenvalue weighted by molar-refractivity contribution is 7.13. The van der Waals surface area contributed by atoms with E-state index in [1.165, 1.54) is 17.4 Å². The number of nitrogens with zero attached hydrogens (tertiary/aromatic N) is 3. The van der Waals surface area contributed by atoms with Gasteiger partial charge < -0.3 is 9.42 Å². The lowest BCUT2D eigenvalue weighted by atomic mass is 9.90. The van der Waals surface area contributed by atoms with Crippen molar-refractivity contribution >= 4 is 17.2 Å². The van der Waals surface area contributed by atoms with Crippen LogP contribution < -0.4 is 5.56 Å². The molecule has 1 amide bonds. The lowest BCUT2D eigenvalue weighted by molar-refractivity contribution is 0.0717. The van der Waals surface area contributed by atoms with E-state index in [-0.39, 0.29) is 17.4 Å². The fraction of sp³-hybridized carbons (Fsp3) is 0.368. The van der Waals surface area contributed by atoms with Gasteiger partial charge in [-0.05, 0) is 38.8 Å². The summed E-state index contributed by atoms with van der Waals surface area (Å²) in [7, 11) is 0. The van der Waals surface area contributed by atoms with E-state index in [0.717, 1.165) is 34.0 Å². The zero-order valence-electron chi connectivity index (χ0n) is 15.2. The minimum Gasteiger partial charge on any atom is -0.356 e. The van der Waals surface area contributed by atoms with Crippen molar-refractivity contribution in [3.05, 3.63) is 55.8 Å². The van der Waals surface area contributed by atoms with Crippen molar-refractivity contribution in [2.75, 3.05) is 13.1 Å². The molecule has 1 saturated heterocycles. The van der Waals surface area contributed by atoms with Crippen LogP contribution in [0.2, 0.25) is 0 Å². The summed E-state index contributed by atoms with van der Waals surface area (Å²) in [6, 6.07) is 7.18. The van der Waals surface area contributed by atoms with Crippen molar-refractivity contribution in [1.29, 1.82) is 0 Å². The summed E-state index contributed by atoms with van der Waals surface area (Å²) in [4.78, 5) is 28.2. The van der Waals surface area contributed by atoms with Gasteiger partial charge in [-0.25, -0.2) is 5.10 Å². The van der Waals surface area contributed by atoms with Crippen molar-refractivity contribution in [2.45, 2.75) is 32.6 Å². The molecule has 1 N–H and O–H groups in total. The summed E-state index contributed by atoms with van der Waals surface area (Å²) >= 11 is 1.53. The highest BCUT2D eigenvalue weighted by Gasteiger charge is 2.28. The summed E-state index contributed by atoms with van der Waals surface area (Å²) in [5, 5.41) is 10.7. The number of H-pyrrole nitrogens is 1. The van der Waals surface area contributed by atoms with E-state index in [1.54, 1.807) is 6.07 Å². The first-order valence-corrected chi connectivity index (χ1v) is 9.72. The first-order chi connectivity index (χ1) is 13.0. The van der Waals surface area contributed by atoms with Gasteiger partial charge in [-0.15, -0.1) is 11.3 Å². The molecule has 3 aromatic heterocycles. The number of carbonyl (C=O) groups excluding carboxylic acids is 1. The van der Waals surface area contributed by atoms with Gasteiger partial charge >= 0.3 is 0 Å². The molecule has 27 heavy (non-hydrogen) atoms. The lowest BCUT2D eigenvalue weighted by Gasteiger charge is -2.31. The average molecular weight is 384 g/mol. The molecule has 4 heterocycles. The number of carbonyl (C=O) groups is 1. The van der Waals surface area contributed by atoms with Gasteiger partial charge in [-0.1, -0.05) is 5.16 Å². The first-order valence-electron chi connectivity index (χ1n) is 8.90. The van der Waals surface area contributed by atoms with E-state index in [1.807, 2.05) is 30.9 Å². The van der Waals surface area contributed by atoms with E-state index in [9.17, 15) is 9.59 Å². The number of piperidine rings is 1. The van der Waals surface area contributed by atoms with Crippen LogP contribution in [0.15, 0.2) is 33.6 Å². The number of hydrogen-bond acceptors (Lipinski definition) is 6. The molecule has 0 unspecified atom stereocenters. The Morgan fingerprint density at radius 3 is 2.67 bits per heavy atom. The Kier molecular flexibility index (Phi) is 4.65. The molecule has 140 valence electrons. The number of amides is 1. The maximum atomic E-state index is 12.6. The SMILES string of the molecule is Cc1cc(-c2cc(=O)[nH]nc2C2CCN(C(=O)c3ccc(C)s3)CC2)on1. The highest BCUT2D eigenvalue weighted by Crippen LogP contribution is 2.33. The zero-order chi connectivity index (χ0) is 19.0. The van der Waals surface area contributed by atoms with E-state index in [0.29, 0.717) is 24.4 Å². The molecule has 1 aliphatic rings. The Hall–Kier alpha value is -2.74. The van der Waals surface area contributed by atoms with Gasteiger partial charge in [-0.2, -0.15) is 5.10 Å². The molecule has 0 atom stereocenters. The Morgan fingerprint density at radius 2 is 2.04 bits per heavy atom. The van der Waals surface area contributed by atoms with E-state index >= 15 is 0 Å². The minimum absolute atomic E-state index is 0.0899. The van der Waals surface area contributed by atoms with Crippen LogP contribution in [0, 0.1) is 13.8 Å². The molecule has 3 aromatic rings. The van der Waals surface area contributed by atoms with Crippen molar-refractivity contribution in [3.63, 3.8) is 0 Å². The topological polar surface area (TPSA) is 92.1 Å². The number of thiophene rings is 1. The monoisotopic (exact) mass is 384 g/mol. The van der Waals surface area contributed by atoms with Gasteiger partial charge in [0.25, 0.3) is 11.5 Å². The van der Waals surface area contributed by atoms with Gasteiger partial charge in [0.2, 0.25) is 0 Å². The third-order valence-electron chi connectivity index (χ3n) is 4.85. The molecule has 0 aromatic carbocycles. The quantitative estimate of drug-likeness (QED) is 0.749. The Balaban J connectivity index is 1.53. The smallest absolute Gasteiger partial charge is 0.264 e.